The lowest BCUT2D eigenvalue weighted by Gasteiger charge is -2.17. The number of benzene rings is 2. The number of aromatic nitrogens is 1. The fourth-order valence-corrected chi connectivity index (χ4v) is 4.28. The second-order valence-corrected chi connectivity index (χ2v) is 7.19. The molecule has 1 aliphatic carbocycles. The zero-order chi connectivity index (χ0) is 17.6. The van der Waals surface area contributed by atoms with Crippen molar-refractivity contribution in [2.75, 3.05) is 0 Å². The highest BCUT2D eigenvalue weighted by Crippen LogP contribution is 2.36. The fraction of sp³-hybridized carbons (Fsp3) is 0.211. The topological polar surface area (TPSA) is 71.5 Å². The van der Waals surface area contributed by atoms with Gasteiger partial charge >= 0.3 is 0 Å². The number of carbonyl (C=O) groups excluding carboxylic acids is 1. The molecule has 3 aromatic rings. The number of Topliss-reactive ketones (excluding diaryl/α,β-unsaturated/α-hetero) is 1. The summed E-state index contributed by atoms with van der Waals surface area (Å²) in [6.07, 6.45) is 2.38. The lowest BCUT2D eigenvalue weighted by molar-refractivity contribution is -0.102. The van der Waals surface area contributed by atoms with Gasteiger partial charge in [-0.15, -0.1) is 5.17 Å². The van der Waals surface area contributed by atoms with E-state index in [0.29, 0.717) is 11.6 Å². The summed E-state index contributed by atoms with van der Waals surface area (Å²) >= 11 is 3.64. The third kappa shape index (κ3) is 2.81. The summed E-state index contributed by atoms with van der Waals surface area (Å²) < 4.78 is 3.07. The number of nitrogens with two attached hydrogens (primary N) is 1. The first-order chi connectivity index (χ1) is 12.1. The van der Waals surface area contributed by atoms with Crippen LogP contribution in [0.15, 0.2) is 46.9 Å². The molecule has 0 spiro atoms. The lowest BCUT2D eigenvalue weighted by Crippen LogP contribution is -2.25. The Bertz CT molecular complexity index is 978. The second-order valence-electron chi connectivity index (χ2n) is 6.33. The minimum absolute atomic E-state index is 0.225. The van der Waals surface area contributed by atoms with Crippen molar-refractivity contribution < 1.29 is 10.0 Å². The van der Waals surface area contributed by atoms with Gasteiger partial charge < -0.3 is 4.57 Å². The SMILES string of the molecule is NN(O)Cc1ccc(-n2c3c(c4ccccc42)C(=O)CCC3)c(Br)c1. The van der Waals surface area contributed by atoms with Gasteiger partial charge in [0.05, 0.1) is 17.7 Å². The summed E-state index contributed by atoms with van der Waals surface area (Å²) in [6.45, 7) is 0.238. The molecule has 0 saturated carbocycles. The van der Waals surface area contributed by atoms with Crippen molar-refractivity contribution in [2.45, 2.75) is 25.8 Å². The molecule has 1 heterocycles. The van der Waals surface area contributed by atoms with Crippen molar-refractivity contribution >= 4 is 32.6 Å². The van der Waals surface area contributed by atoms with E-state index in [1.165, 1.54) is 0 Å². The number of ketones is 1. The molecule has 0 bridgehead atoms. The van der Waals surface area contributed by atoms with Crippen molar-refractivity contribution in [3.05, 3.63) is 63.8 Å². The highest BCUT2D eigenvalue weighted by atomic mass is 79.9. The number of hydrazine groups is 1. The minimum atomic E-state index is 0.225. The lowest BCUT2D eigenvalue weighted by atomic mass is 9.94. The molecular formula is C19H18BrN3O2. The Labute approximate surface area is 153 Å². The van der Waals surface area contributed by atoms with E-state index in [1.807, 2.05) is 36.4 Å². The monoisotopic (exact) mass is 399 g/mol. The first-order valence-electron chi connectivity index (χ1n) is 8.21. The molecule has 1 aliphatic rings. The zero-order valence-corrected chi connectivity index (χ0v) is 15.2. The average Bonchev–Trinajstić information content (AvgIpc) is 2.90. The van der Waals surface area contributed by atoms with E-state index in [-0.39, 0.29) is 12.3 Å². The van der Waals surface area contributed by atoms with Crippen molar-refractivity contribution in [1.29, 1.82) is 0 Å². The van der Waals surface area contributed by atoms with Crippen LogP contribution in [0.3, 0.4) is 0 Å². The minimum Gasteiger partial charge on any atom is -0.312 e. The fourth-order valence-electron chi connectivity index (χ4n) is 3.67. The maximum absolute atomic E-state index is 12.5. The largest absolute Gasteiger partial charge is 0.312 e. The van der Waals surface area contributed by atoms with E-state index in [9.17, 15) is 10.0 Å². The first-order valence-corrected chi connectivity index (χ1v) is 9.01. The Balaban J connectivity index is 1.94. The van der Waals surface area contributed by atoms with Crippen LogP contribution in [0.2, 0.25) is 0 Å². The van der Waals surface area contributed by atoms with E-state index in [2.05, 4.69) is 26.6 Å². The Hall–Kier alpha value is -1.99. The Morgan fingerprint density at radius 3 is 2.76 bits per heavy atom. The van der Waals surface area contributed by atoms with Crippen molar-refractivity contribution in [2.24, 2.45) is 5.84 Å². The van der Waals surface area contributed by atoms with Crippen LogP contribution in [0.4, 0.5) is 0 Å². The smallest absolute Gasteiger partial charge is 0.165 e. The second kappa shape index (κ2) is 6.38. The van der Waals surface area contributed by atoms with Crippen LogP contribution >= 0.6 is 15.9 Å². The predicted octanol–water partition coefficient (Wildman–Crippen LogP) is 3.98. The van der Waals surface area contributed by atoms with Gasteiger partial charge in [-0.2, -0.15) is 0 Å². The van der Waals surface area contributed by atoms with Gasteiger partial charge in [-0.1, -0.05) is 24.3 Å². The molecule has 0 amide bonds. The van der Waals surface area contributed by atoms with Gasteiger partial charge in [-0.05, 0) is 52.5 Å². The molecule has 0 saturated heterocycles. The molecule has 0 atom stereocenters. The normalized spacial score (nSPS) is 14.3. The van der Waals surface area contributed by atoms with E-state index >= 15 is 0 Å². The number of nitrogens with zero attached hydrogens (tertiary/aromatic N) is 2. The average molecular weight is 400 g/mol. The highest BCUT2D eigenvalue weighted by molar-refractivity contribution is 9.10. The van der Waals surface area contributed by atoms with Gasteiger partial charge in [0.2, 0.25) is 0 Å². The van der Waals surface area contributed by atoms with Gasteiger partial charge in [0.1, 0.15) is 0 Å². The summed E-state index contributed by atoms with van der Waals surface area (Å²) in [4.78, 5) is 12.5. The summed E-state index contributed by atoms with van der Waals surface area (Å²) in [5, 5.41) is 10.9. The van der Waals surface area contributed by atoms with Gasteiger partial charge in [0.15, 0.2) is 5.78 Å². The van der Waals surface area contributed by atoms with Crippen molar-refractivity contribution in [3.63, 3.8) is 0 Å². The summed E-state index contributed by atoms with van der Waals surface area (Å²) in [6, 6.07) is 13.9. The van der Waals surface area contributed by atoms with Gasteiger partial charge in [0, 0.05) is 27.5 Å². The number of halogens is 1. The van der Waals surface area contributed by atoms with E-state index < -0.39 is 0 Å². The molecule has 5 nitrogen and oxygen atoms in total. The van der Waals surface area contributed by atoms with Crippen LogP contribution in [-0.4, -0.2) is 20.7 Å². The molecule has 0 radical (unpaired) electrons. The number of fused-ring (bicyclic) bond motifs is 3. The van der Waals surface area contributed by atoms with Crippen LogP contribution in [0, 0.1) is 0 Å². The third-order valence-electron chi connectivity index (χ3n) is 4.67. The number of rotatable bonds is 3. The number of hydrogen-bond donors (Lipinski definition) is 2. The van der Waals surface area contributed by atoms with Crippen molar-refractivity contribution in [1.82, 2.24) is 9.74 Å². The first kappa shape index (κ1) is 16.5. The molecule has 0 fully saturated rings. The number of para-hydroxylation sites is 1. The van der Waals surface area contributed by atoms with E-state index in [0.717, 1.165) is 50.7 Å². The number of carbonyl (C=O) groups is 1. The van der Waals surface area contributed by atoms with Gasteiger partial charge in [-0.25, -0.2) is 5.84 Å². The molecular weight excluding hydrogens is 382 g/mol. The maximum Gasteiger partial charge on any atom is 0.165 e. The summed E-state index contributed by atoms with van der Waals surface area (Å²) in [5.41, 5.74) is 4.85. The van der Waals surface area contributed by atoms with E-state index in [1.54, 1.807) is 0 Å². The highest BCUT2D eigenvalue weighted by Gasteiger charge is 2.26. The molecule has 0 aliphatic heterocycles. The summed E-state index contributed by atoms with van der Waals surface area (Å²) in [7, 11) is 0. The molecule has 2 aromatic carbocycles. The van der Waals surface area contributed by atoms with Gasteiger partial charge in [0.25, 0.3) is 0 Å². The van der Waals surface area contributed by atoms with Crippen LogP contribution in [-0.2, 0) is 13.0 Å². The van der Waals surface area contributed by atoms with Crippen molar-refractivity contribution in [3.8, 4) is 5.69 Å². The third-order valence-corrected chi connectivity index (χ3v) is 5.30. The molecule has 25 heavy (non-hydrogen) atoms. The van der Waals surface area contributed by atoms with E-state index in [4.69, 9.17) is 5.84 Å². The van der Waals surface area contributed by atoms with Crippen LogP contribution < -0.4 is 5.84 Å². The Morgan fingerprint density at radius 2 is 2.00 bits per heavy atom. The maximum atomic E-state index is 12.5. The Morgan fingerprint density at radius 1 is 1.20 bits per heavy atom. The molecule has 128 valence electrons. The number of hydroxylamine groups is 1. The zero-order valence-electron chi connectivity index (χ0n) is 13.6. The molecule has 1 aromatic heterocycles. The standard InChI is InChI=1S/C19H18BrN3O2/c20-14-10-12(11-22(21)25)8-9-16(14)23-15-5-2-1-4-13(15)19-17(23)6-3-7-18(19)24/h1-2,4-5,8-10,25H,3,6-7,11,21H2. The molecule has 4 rings (SSSR count). The molecule has 3 N–H and O–H groups in total. The predicted molar refractivity (Wildman–Crippen MR) is 99.8 cm³/mol. The quantitative estimate of drug-likeness (QED) is 0.516. The summed E-state index contributed by atoms with van der Waals surface area (Å²) in [5.74, 6) is 5.54. The molecule has 6 heteroatoms. The van der Waals surface area contributed by atoms with Crippen LogP contribution in [0.25, 0.3) is 16.6 Å². The van der Waals surface area contributed by atoms with Gasteiger partial charge in [-0.3, -0.25) is 10.0 Å². The molecule has 0 unspecified atom stereocenters. The van der Waals surface area contributed by atoms with Crippen LogP contribution in [0.1, 0.15) is 34.5 Å². The van der Waals surface area contributed by atoms with Crippen LogP contribution in [0.5, 0.6) is 0 Å². The number of hydrogen-bond acceptors (Lipinski definition) is 4. The Kier molecular flexibility index (Phi) is 4.21.